The van der Waals surface area contributed by atoms with Crippen LogP contribution in [-0.4, -0.2) is 22.3 Å². The van der Waals surface area contributed by atoms with Gasteiger partial charge in [0.1, 0.15) is 9.90 Å². The minimum atomic E-state index is 0.0545. The average Bonchev–Trinajstić information content (AvgIpc) is 2.55. The fraction of sp³-hybridized carbons (Fsp3) is 0.412. The largest absolute Gasteiger partial charge is 0.464 e. The Balaban J connectivity index is 1.75. The molecule has 2 heterocycles. The van der Waals surface area contributed by atoms with E-state index in [1.165, 1.54) is 19.3 Å². The van der Waals surface area contributed by atoms with Crippen molar-refractivity contribution in [3.8, 4) is 0 Å². The van der Waals surface area contributed by atoms with Gasteiger partial charge in [-0.05, 0) is 38.3 Å². The molecule has 1 aliphatic heterocycles. The molecule has 0 bridgehead atoms. The Morgan fingerprint density at radius 2 is 2.09 bits per heavy atom. The van der Waals surface area contributed by atoms with E-state index in [1.807, 2.05) is 25.1 Å². The van der Waals surface area contributed by atoms with Crippen molar-refractivity contribution in [1.82, 2.24) is 4.90 Å². The predicted octanol–water partition coefficient (Wildman–Crippen LogP) is 4.11. The zero-order chi connectivity index (χ0) is 15.5. The Morgan fingerprint density at radius 3 is 2.86 bits per heavy atom. The van der Waals surface area contributed by atoms with Crippen molar-refractivity contribution >= 4 is 39.3 Å². The lowest BCUT2D eigenvalue weighted by molar-refractivity contribution is 0.352. The van der Waals surface area contributed by atoms with Crippen molar-refractivity contribution < 1.29 is 4.42 Å². The molecule has 116 valence electrons. The molecule has 1 saturated heterocycles. The number of thiocarbonyl (C=S) groups is 1. The van der Waals surface area contributed by atoms with E-state index in [1.54, 1.807) is 18.0 Å². The van der Waals surface area contributed by atoms with Gasteiger partial charge in [0.15, 0.2) is 5.43 Å². The normalized spacial score (nSPS) is 15.2. The summed E-state index contributed by atoms with van der Waals surface area (Å²) in [6, 6.07) is 5.69. The van der Waals surface area contributed by atoms with Crippen LogP contribution >= 0.6 is 24.0 Å². The summed E-state index contributed by atoms with van der Waals surface area (Å²) in [6.07, 6.45) is 5.28. The Kier molecular flexibility index (Phi) is 4.84. The maximum Gasteiger partial charge on any atom is 0.196 e. The first-order valence-corrected chi connectivity index (χ1v) is 8.97. The maximum atomic E-state index is 12.5. The van der Waals surface area contributed by atoms with Crippen molar-refractivity contribution in [3.63, 3.8) is 0 Å². The van der Waals surface area contributed by atoms with Gasteiger partial charge in [-0.15, -0.1) is 0 Å². The van der Waals surface area contributed by atoms with Gasteiger partial charge in [0.05, 0.1) is 11.6 Å². The lowest BCUT2D eigenvalue weighted by Gasteiger charge is -2.28. The van der Waals surface area contributed by atoms with Gasteiger partial charge in [0.2, 0.25) is 0 Å². The molecule has 0 aliphatic carbocycles. The number of thioether (sulfide) groups is 1. The fourth-order valence-electron chi connectivity index (χ4n) is 2.69. The van der Waals surface area contributed by atoms with E-state index >= 15 is 0 Å². The Labute approximate surface area is 139 Å². The Morgan fingerprint density at radius 1 is 1.32 bits per heavy atom. The number of rotatable bonds is 2. The van der Waals surface area contributed by atoms with Gasteiger partial charge in [0, 0.05) is 24.4 Å². The van der Waals surface area contributed by atoms with Crippen LogP contribution in [-0.2, 0) is 5.75 Å². The number of nitrogens with zero attached hydrogens (tertiary/aromatic N) is 1. The summed E-state index contributed by atoms with van der Waals surface area (Å²) >= 11 is 7.05. The first kappa shape index (κ1) is 15.6. The van der Waals surface area contributed by atoms with Crippen molar-refractivity contribution in [2.45, 2.75) is 31.9 Å². The number of benzene rings is 1. The van der Waals surface area contributed by atoms with Crippen LogP contribution in [0.4, 0.5) is 0 Å². The van der Waals surface area contributed by atoms with E-state index < -0.39 is 0 Å². The molecule has 0 spiro atoms. The molecule has 0 amide bonds. The zero-order valence-electron chi connectivity index (χ0n) is 12.6. The highest BCUT2D eigenvalue weighted by Gasteiger charge is 2.15. The van der Waals surface area contributed by atoms with Crippen LogP contribution in [0.15, 0.2) is 33.7 Å². The molecular weight excluding hydrogens is 314 g/mol. The lowest BCUT2D eigenvalue weighted by Crippen LogP contribution is -2.32. The van der Waals surface area contributed by atoms with E-state index in [9.17, 15) is 4.79 Å². The quantitative estimate of drug-likeness (QED) is 0.773. The second kappa shape index (κ2) is 6.84. The minimum absolute atomic E-state index is 0.0545. The molecule has 1 aromatic carbocycles. The van der Waals surface area contributed by atoms with Crippen molar-refractivity contribution in [2.24, 2.45) is 0 Å². The van der Waals surface area contributed by atoms with Crippen LogP contribution in [0.2, 0.25) is 0 Å². The summed E-state index contributed by atoms with van der Waals surface area (Å²) < 4.78 is 6.48. The van der Waals surface area contributed by atoms with Gasteiger partial charge < -0.3 is 9.32 Å². The smallest absolute Gasteiger partial charge is 0.196 e. The molecule has 5 heteroatoms. The number of piperidine rings is 1. The van der Waals surface area contributed by atoms with Gasteiger partial charge in [0.25, 0.3) is 0 Å². The highest BCUT2D eigenvalue weighted by Crippen LogP contribution is 2.20. The Hall–Kier alpha value is -1.33. The van der Waals surface area contributed by atoms with Crippen molar-refractivity contribution in [3.05, 3.63) is 45.8 Å². The van der Waals surface area contributed by atoms with E-state index in [2.05, 4.69) is 4.90 Å². The van der Waals surface area contributed by atoms with Gasteiger partial charge in [-0.25, -0.2) is 0 Å². The molecule has 22 heavy (non-hydrogen) atoms. The van der Waals surface area contributed by atoms with E-state index in [-0.39, 0.29) is 5.43 Å². The highest BCUT2D eigenvalue weighted by atomic mass is 32.2. The van der Waals surface area contributed by atoms with Crippen LogP contribution in [0.1, 0.15) is 30.4 Å². The van der Waals surface area contributed by atoms with Crippen molar-refractivity contribution in [2.75, 3.05) is 13.1 Å². The second-order valence-corrected chi connectivity index (χ2v) is 7.30. The first-order valence-electron chi connectivity index (χ1n) is 7.58. The molecule has 0 N–H and O–H groups in total. The standard InChI is InChI=1S/C17H19NO2S2/c1-12-5-6-15-14(9-12)16(19)13(10-20-15)11-22-17(21)18-7-3-2-4-8-18/h5-6,9-10H,2-4,7-8,11H2,1H3. The number of fused-ring (bicyclic) bond motifs is 1. The summed E-state index contributed by atoms with van der Waals surface area (Å²) in [4.78, 5) is 14.8. The highest BCUT2D eigenvalue weighted by molar-refractivity contribution is 8.22. The monoisotopic (exact) mass is 333 g/mol. The van der Waals surface area contributed by atoms with Gasteiger partial charge in [-0.1, -0.05) is 35.6 Å². The second-order valence-electron chi connectivity index (χ2n) is 5.69. The molecule has 2 aromatic rings. The Bertz CT molecular complexity index is 748. The average molecular weight is 333 g/mol. The summed E-state index contributed by atoms with van der Waals surface area (Å²) in [5.41, 5.74) is 2.44. The third-order valence-corrected chi connectivity index (χ3v) is 5.54. The number of hydrogen-bond acceptors (Lipinski definition) is 4. The molecule has 3 nitrogen and oxygen atoms in total. The van der Waals surface area contributed by atoms with Crippen LogP contribution in [0.3, 0.4) is 0 Å². The third-order valence-electron chi connectivity index (χ3n) is 3.96. The summed E-state index contributed by atoms with van der Waals surface area (Å²) in [5, 5.41) is 0.655. The fourth-order valence-corrected chi connectivity index (χ4v) is 3.89. The van der Waals surface area contributed by atoms with Gasteiger partial charge in [-0.2, -0.15) is 0 Å². The van der Waals surface area contributed by atoms with Crippen LogP contribution < -0.4 is 5.43 Å². The topological polar surface area (TPSA) is 33.5 Å². The molecule has 1 fully saturated rings. The van der Waals surface area contributed by atoms with Crippen LogP contribution in [0, 0.1) is 6.92 Å². The van der Waals surface area contributed by atoms with E-state index in [0.29, 0.717) is 22.3 Å². The van der Waals surface area contributed by atoms with Crippen molar-refractivity contribution in [1.29, 1.82) is 0 Å². The summed E-state index contributed by atoms with van der Waals surface area (Å²) in [7, 11) is 0. The van der Waals surface area contributed by atoms with E-state index in [0.717, 1.165) is 23.0 Å². The minimum Gasteiger partial charge on any atom is -0.464 e. The number of hydrogen-bond donors (Lipinski definition) is 0. The van der Waals surface area contributed by atoms with Crippen LogP contribution in [0.5, 0.6) is 0 Å². The number of aryl methyl sites for hydroxylation is 1. The van der Waals surface area contributed by atoms with E-state index in [4.69, 9.17) is 16.6 Å². The molecule has 1 aromatic heterocycles. The maximum absolute atomic E-state index is 12.5. The number of likely N-dealkylation sites (tertiary alicyclic amines) is 1. The molecule has 0 unspecified atom stereocenters. The molecule has 1 aliphatic rings. The predicted molar refractivity (Wildman–Crippen MR) is 96.5 cm³/mol. The first-order chi connectivity index (χ1) is 10.6. The third kappa shape index (κ3) is 3.36. The SMILES string of the molecule is Cc1ccc2occ(CSC(=S)N3CCCCC3)c(=O)c2c1. The van der Waals surface area contributed by atoms with Crippen LogP contribution in [0.25, 0.3) is 11.0 Å². The molecular formula is C17H19NO2S2. The zero-order valence-corrected chi connectivity index (χ0v) is 14.3. The summed E-state index contributed by atoms with van der Waals surface area (Å²) in [6.45, 7) is 4.06. The van der Waals surface area contributed by atoms with Gasteiger partial charge >= 0.3 is 0 Å². The molecule has 0 radical (unpaired) electrons. The molecule has 0 atom stereocenters. The molecule has 0 saturated carbocycles. The lowest BCUT2D eigenvalue weighted by atomic mass is 10.1. The molecule has 3 rings (SSSR count). The summed E-state index contributed by atoms with van der Waals surface area (Å²) in [5.74, 6) is 0.571. The van der Waals surface area contributed by atoms with Gasteiger partial charge in [-0.3, -0.25) is 4.79 Å².